The number of pyridine rings is 1. The van der Waals surface area contributed by atoms with Gasteiger partial charge in [-0.25, -0.2) is 18.0 Å². The van der Waals surface area contributed by atoms with E-state index in [1.165, 1.54) is 7.05 Å². The minimum atomic E-state index is -3.20. The summed E-state index contributed by atoms with van der Waals surface area (Å²) in [6.07, 6.45) is 1.51. The van der Waals surface area contributed by atoms with Gasteiger partial charge in [0.2, 0.25) is 0 Å². The van der Waals surface area contributed by atoms with Crippen molar-refractivity contribution in [3.8, 4) is 11.3 Å². The summed E-state index contributed by atoms with van der Waals surface area (Å²) in [6, 6.07) is 8.44. The van der Waals surface area contributed by atoms with Gasteiger partial charge >= 0.3 is 6.03 Å². The second kappa shape index (κ2) is 9.52. The van der Waals surface area contributed by atoms with Gasteiger partial charge in [-0.15, -0.1) is 4.72 Å². The summed E-state index contributed by atoms with van der Waals surface area (Å²) in [4.78, 5) is 17.8. The van der Waals surface area contributed by atoms with Crippen LogP contribution in [0.3, 0.4) is 0 Å². The van der Waals surface area contributed by atoms with Crippen molar-refractivity contribution in [1.29, 1.82) is 0 Å². The van der Waals surface area contributed by atoms with Crippen molar-refractivity contribution in [1.82, 2.24) is 19.9 Å². The Labute approximate surface area is 194 Å². The zero-order valence-corrected chi connectivity index (χ0v) is 19.3. The third-order valence-electron chi connectivity index (χ3n) is 6.21. The van der Waals surface area contributed by atoms with Crippen molar-refractivity contribution in [3.05, 3.63) is 53.5 Å². The number of hydrogen-bond acceptors (Lipinski definition) is 4. The third kappa shape index (κ3) is 5.12. The topological polar surface area (TPSA) is 80.3 Å². The molecule has 1 aromatic heterocycles. The van der Waals surface area contributed by atoms with Crippen LogP contribution in [0.2, 0.25) is 0 Å². The van der Waals surface area contributed by atoms with Crippen molar-refractivity contribution in [2.45, 2.75) is 43.4 Å². The molecule has 6 nitrogen and oxygen atoms in total. The van der Waals surface area contributed by atoms with Crippen LogP contribution in [0.5, 0.6) is 0 Å². The zero-order chi connectivity index (χ0) is 23.8. The molecule has 1 saturated carbocycles. The summed E-state index contributed by atoms with van der Waals surface area (Å²) in [5.74, 6) is -5.06. The molecule has 33 heavy (non-hydrogen) atoms. The lowest BCUT2D eigenvalue weighted by Gasteiger charge is -2.28. The van der Waals surface area contributed by atoms with E-state index in [2.05, 4.69) is 15.0 Å². The van der Waals surface area contributed by atoms with E-state index in [4.69, 9.17) is 0 Å². The molecule has 0 radical (unpaired) electrons. The molecule has 1 aliphatic heterocycles. The van der Waals surface area contributed by atoms with E-state index in [0.717, 1.165) is 23.4 Å². The highest BCUT2D eigenvalue weighted by atomic mass is 32.2. The third-order valence-corrected chi connectivity index (χ3v) is 7.74. The summed E-state index contributed by atoms with van der Waals surface area (Å²) in [6.45, 7) is 0.797. The fourth-order valence-electron chi connectivity index (χ4n) is 4.29. The number of hydrogen-bond donors (Lipinski definition) is 2. The summed E-state index contributed by atoms with van der Waals surface area (Å²) >= 11 is -1.40. The van der Waals surface area contributed by atoms with Gasteiger partial charge in [-0.2, -0.15) is 0 Å². The van der Waals surface area contributed by atoms with E-state index >= 15 is 13.2 Å². The number of amides is 2. The summed E-state index contributed by atoms with van der Waals surface area (Å²) < 4.78 is 60.4. The Bertz CT molecular complexity index is 1020. The predicted octanol–water partition coefficient (Wildman–Crippen LogP) is 3.43. The van der Waals surface area contributed by atoms with Gasteiger partial charge in [-0.3, -0.25) is 4.98 Å². The van der Waals surface area contributed by atoms with Crippen LogP contribution >= 0.6 is 0 Å². The normalized spacial score (nSPS) is 22.9. The highest BCUT2D eigenvalue weighted by Gasteiger charge is 2.56. The minimum Gasteiger partial charge on any atom is -0.598 e. The first-order valence-electron chi connectivity index (χ1n) is 10.9. The molecule has 178 valence electrons. The standard InChI is InChI=1S/C23H27F3N4O2S/c1-14-5-3-8-19(29-14)17-7-4-6-15(21(17)24)11-20-18(12-28-33(32)16-9-10-16)23(25,26)13-30(20)22(31)27-2/h3-8,16,18,20,28H,9-13H2,1-2H3,(H,27,31)/t18-,20+,33?/m1/s1. The molecule has 2 N–H and O–H groups in total. The number of rotatable bonds is 7. The molecule has 2 aliphatic rings. The second-order valence-corrected chi connectivity index (χ2v) is 10.2. The molecular formula is C23H27F3N4O2S. The molecule has 1 unspecified atom stereocenters. The van der Waals surface area contributed by atoms with E-state index in [-0.39, 0.29) is 29.3 Å². The van der Waals surface area contributed by atoms with Gasteiger partial charge < -0.3 is 14.8 Å². The molecule has 4 rings (SSSR count). The number of benzene rings is 1. The first-order chi connectivity index (χ1) is 15.7. The molecule has 2 heterocycles. The van der Waals surface area contributed by atoms with Crippen molar-refractivity contribution >= 4 is 17.4 Å². The molecular weight excluding hydrogens is 453 g/mol. The monoisotopic (exact) mass is 480 g/mol. The van der Waals surface area contributed by atoms with Gasteiger partial charge in [0.1, 0.15) is 11.1 Å². The van der Waals surface area contributed by atoms with Crippen molar-refractivity contribution in [2.75, 3.05) is 20.1 Å². The van der Waals surface area contributed by atoms with Crippen LogP contribution in [-0.2, 0) is 17.8 Å². The Kier molecular flexibility index (Phi) is 6.88. The van der Waals surface area contributed by atoms with Crippen LogP contribution in [0.4, 0.5) is 18.0 Å². The van der Waals surface area contributed by atoms with Gasteiger partial charge in [0, 0.05) is 48.6 Å². The molecule has 2 fully saturated rings. The van der Waals surface area contributed by atoms with Crippen LogP contribution in [0.15, 0.2) is 36.4 Å². The maximum absolute atomic E-state index is 15.5. The highest BCUT2D eigenvalue weighted by molar-refractivity contribution is 7.90. The van der Waals surface area contributed by atoms with Crippen molar-refractivity contribution in [2.24, 2.45) is 5.92 Å². The first kappa shape index (κ1) is 23.8. The minimum absolute atomic E-state index is 0.00975. The number of nitrogens with zero attached hydrogens (tertiary/aromatic N) is 2. The Hall–Kier alpha value is -2.30. The average Bonchev–Trinajstić information content (AvgIpc) is 3.59. The maximum Gasteiger partial charge on any atom is 0.317 e. The quantitative estimate of drug-likeness (QED) is 0.595. The van der Waals surface area contributed by atoms with Gasteiger partial charge in [0.05, 0.1) is 24.7 Å². The number of likely N-dealkylation sites (tertiary alicyclic amines) is 1. The van der Waals surface area contributed by atoms with E-state index in [0.29, 0.717) is 5.69 Å². The van der Waals surface area contributed by atoms with Gasteiger partial charge in [0.25, 0.3) is 5.92 Å². The number of urea groups is 1. The fraction of sp³-hybridized carbons (Fsp3) is 0.478. The largest absolute Gasteiger partial charge is 0.598 e. The van der Waals surface area contributed by atoms with E-state index in [1.54, 1.807) is 43.3 Å². The molecule has 1 saturated heterocycles. The fourth-order valence-corrected chi connectivity index (χ4v) is 5.43. The van der Waals surface area contributed by atoms with Crippen LogP contribution in [0, 0.1) is 18.7 Å². The van der Waals surface area contributed by atoms with E-state index < -0.39 is 47.6 Å². The lowest BCUT2D eigenvalue weighted by atomic mass is 9.91. The van der Waals surface area contributed by atoms with Crippen LogP contribution in [0.25, 0.3) is 11.3 Å². The summed E-state index contributed by atoms with van der Waals surface area (Å²) in [5.41, 5.74) is 1.68. The number of carbonyl (C=O) groups is 1. The van der Waals surface area contributed by atoms with Crippen molar-refractivity contribution < 1.29 is 22.5 Å². The first-order valence-corrected chi connectivity index (χ1v) is 12.1. The number of carbonyl (C=O) groups excluding carboxylic acids is 1. The number of aromatic nitrogens is 1. The molecule has 1 aromatic carbocycles. The molecule has 10 heteroatoms. The summed E-state index contributed by atoms with van der Waals surface area (Å²) in [7, 11) is 1.37. The molecule has 1 aliphatic carbocycles. The van der Waals surface area contributed by atoms with Crippen molar-refractivity contribution in [3.63, 3.8) is 0 Å². The average molecular weight is 481 g/mol. The van der Waals surface area contributed by atoms with Crippen LogP contribution in [0.1, 0.15) is 24.1 Å². The molecule has 2 aromatic rings. The van der Waals surface area contributed by atoms with Crippen LogP contribution in [-0.4, -0.2) is 57.8 Å². The summed E-state index contributed by atoms with van der Waals surface area (Å²) in [5, 5.41) is 2.39. The Morgan fingerprint density at radius 1 is 1.27 bits per heavy atom. The van der Waals surface area contributed by atoms with Gasteiger partial charge in [-0.05, 0) is 37.1 Å². The molecule has 3 atom stereocenters. The lowest BCUT2D eigenvalue weighted by Crippen LogP contribution is -2.46. The Morgan fingerprint density at radius 2 is 2.00 bits per heavy atom. The zero-order valence-electron chi connectivity index (χ0n) is 18.5. The molecule has 0 spiro atoms. The Balaban J connectivity index is 1.63. The number of halogens is 3. The smallest absolute Gasteiger partial charge is 0.317 e. The SMILES string of the molecule is CNC(=O)N1CC(F)(F)[C@H](CN[S+]([O-])C2CC2)[C@@H]1Cc1cccc(-c2cccc(C)n2)c1F. The predicted molar refractivity (Wildman–Crippen MR) is 121 cm³/mol. The second-order valence-electron chi connectivity index (χ2n) is 8.61. The lowest BCUT2D eigenvalue weighted by molar-refractivity contribution is -0.0271. The molecule has 2 amide bonds. The number of aryl methyl sites for hydroxylation is 1. The number of alkyl halides is 2. The molecule has 0 bridgehead atoms. The number of nitrogens with one attached hydrogen (secondary N) is 2. The Morgan fingerprint density at radius 3 is 2.67 bits per heavy atom. The highest BCUT2D eigenvalue weighted by Crippen LogP contribution is 2.40. The van der Waals surface area contributed by atoms with E-state index in [9.17, 15) is 9.35 Å². The van der Waals surface area contributed by atoms with E-state index in [1.807, 2.05) is 0 Å². The maximum atomic E-state index is 15.5. The van der Waals surface area contributed by atoms with Gasteiger partial charge in [-0.1, -0.05) is 18.2 Å². The van der Waals surface area contributed by atoms with Crippen LogP contribution < -0.4 is 10.0 Å². The van der Waals surface area contributed by atoms with Gasteiger partial charge in [0.15, 0.2) is 0 Å².